The lowest BCUT2D eigenvalue weighted by Crippen LogP contribution is -2.34. The number of anilines is 2. The highest BCUT2D eigenvalue weighted by atomic mass is 16.5. The largest absolute Gasteiger partial charge is 0.380 e. The predicted molar refractivity (Wildman–Crippen MR) is 98.8 cm³/mol. The van der Waals surface area contributed by atoms with Crippen molar-refractivity contribution in [2.24, 2.45) is 0 Å². The molecular formula is C19H23N3O3. The molecule has 3 N–H and O–H groups in total. The Labute approximate surface area is 147 Å². The van der Waals surface area contributed by atoms with Gasteiger partial charge in [0.1, 0.15) is 0 Å². The van der Waals surface area contributed by atoms with E-state index in [1.54, 1.807) is 31.4 Å². The van der Waals surface area contributed by atoms with Gasteiger partial charge in [0.05, 0.1) is 6.61 Å². The lowest BCUT2D eigenvalue weighted by atomic mass is 10.1. The number of hydrogen-bond acceptors (Lipinski definition) is 3. The lowest BCUT2D eigenvalue weighted by Gasteiger charge is -2.11. The minimum absolute atomic E-state index is 0.0348. The second-order valence-corrected chi connectivity index (χ2v) is 5.92. The number of hydrogen-bond donors (Lipinski definition) is 3. The van der Waals surface area contributed by atoms with Crippen molar-refractivity contribution in [3.05, 3.63) is 59.7 Å². The molecule has 2 rings (SSSR count). The molecule has 0 saturated carbocycles. The molecule has 0 unspecified atom stereocenters. The first-order valence-corrected chi connectivity index (χ1v) is 8.04. The Hall–Kier alpha value is -2.86. The number of carbonyl (C=O) groups is 2. The van der Waals surface area contributed by atoms with Crippen LogP contribution in [0.25, 0.3) is 0 Å². The molecule has 0 bridgehead atoms. The Morgan fingerprint density at radius 3 is 2.36 bits per heavy atom. The summed E-state index contributed by atoms with van der Waals surface area (Å²) < 4.78 is 5.06. The average Bonchev–Trinajstić information content (AvgIpc) is 2.56. The molecule has 0 spiro atoms. The predicted octanol–water partition coefficient (Wildman–Crippen LogP) is 3.62. The molecule has 0 aliphatic carbocycles. The van der Waals surface area contributed by atoms with Crippen molar-refractivity contribution in [2.45, 2.75) is 26.5 Å². The number of amides is 3. The van der Waals surface area contributed by atoms with Gasteiger partial charge >= 0.3 is 6.03 Å². The minimum atomic E-state index is -0.304. The summed E-state index contributed by atoms with van der Waals surface area (Å²) in [5, 5.41) is 8.28. The van der Waals surface area contributed by atoms with Crippen molar-refractivity contribution in [2.75, 3.05) is 17.7 Å². The molecule has 0 saturated heterocycles. The fourth-order valence-corrected chi connectivity index (χ4v) is 2.22. The van der Waals surface area contributed by atoms with Crippen LogP contribution >= 0.6 is 0 Å². The Bertz CT molecular complexity index is 727. The molecule has 6 heteroatoms. The van der Waals surface area contributed by atoms with Crippen LogP contribution in [0.15, 0.2) is 48.5 Å². The minimum Gasteiger partial charge on any atom is -0.380 e. The first kappa shape index (κ1) is 18.5. The summed E-state index contributed by atoms with van der Waals surface area (Å²) in [5.74, 6) is -0.243. The monoisotopic (exact) mass is 341 g/mol. The zero-order chi connectivity index (χ0) is 18.2. The quantitative estimate of drug-likeness (QED) is 0.751. The van der Waals surface area contributed by atoms with Crippen molar-refractivity contribution in [1.29, 1.82) is 0 Å². The van der Waals surface area contributed by atoms with Gasteiger partial charge < -0.3 is 20.7 Å². The maximum absolute atomic E-state index is 12.4. The third kappa shape index (κ3) is 5.93. The Morgan fingerprint density at radius 1 is 1.00 bits per heavy atom. The molecule has 0 aliphatic heterocycles. The van der Waals surface area contributed by atoms with Crippen molar-refractivity contribution < 1.29 is 14.3 Å². The highest BCUT2D eigenvalue weighted by Gasteiger charge is 2.09. The summed E-state index contributed by atoms with van der Waals surface area (Å²) in [5.41, 5.74) is 2.74. The SMILES string of the molecule is COCc1ccc(NC(=O)c2cccc(NC(=O)NC(C)C)c2)cc1. The second kappa shape index (κ2) is 8.84. The Morgan fingerprint density at radius 2 is 1.72 bits per heavy atom. The summed E-state index contributed by atoms with van der Waals surface area (Å²) in [6.45, 7) is 4.28. The maximum atomic E-state index is 12.4. The number of nitrogens with one attached hydrogen (secondary N) is 3. The molecule has 0 radical (unpaired) electrons. The molecule has 6 nitrogen and oxygen atoms in total. The summed E-state index contributed by atoms with van der Waals surface area (Å²) >= 11 is 0. The van der Waals surface area contributed by atoms with Gasteiger partial charge in [-0.2, -0.15) is 0 Å². The van der Waals surface area contributed by atoms with Gasteiger partial charge in [-0.25, -0.2) is 4.79 Å². The van der Waals surface area contributed by atoms with E-state index in [4.69, 9.17) is 4.74 Å². The zero-order valence-corrected chi connectivity index (χ0v) is 14.6. The van der Waals surface area contributed by atoms with Crippen LogP contribution in [0.1, 0.15) is 29.8 Å². The Kier molecular flexibility index (Phi) is 6.54. The molecule has 0 atom stereocenters. The molecule has 25 heavy (non-hydrogen) atoms. The average molecular weight is 341 g/mol. The number of methoxy groups -OCH3 is 1. The molecule has 132 valence electrons. The fraction of sp³-hybridized carbons (Fsp3) is 0.263. The van der Waals surface area contributed by atoms with Crippen LogP contribution in [0.4, 0.5) is 16.2 Å². The van der Waals surface area contributed by atoms with E-state index >= 15 is 0 Å². The van der Waals surface area contributed by atoms with Gasteiger partial charge in [-0.3, -0.25) is 4.79 Å². The molecule has 2 aromatic carbocycles. The van der Waals surface area contributed by atoms with Gasteiger partial charge in [0.25, 0.3) is 5.91 Å². The number of benzene rings is 2. The number of carbonyl (C=O) groups excluding carboxylic acids is 2. The van der Waals surface area contributed by atoms with Gasteiger partial charge in [-0.05, 0) is 49.7 Å². The highest BCUT2D eigenvalue weighted by Crippen LogP contribution is 2.15. The molecular weight excluding hydrogens is 318 g/mol. The van der Waals surface area contributed by atoms with E-state index in [0.717, 1.165) is 5.56 Å². The summed E-state index contributed by atoms with van der Waals surface area (Å²) in [6.07, 6.45) is 0. The van der Waals surface area contributed by atoms with E-state index in [0.29, 0.717) is 23.5 Å². The van der Waals surface area contributed by atoms with E-state index < -0.39 is 0 Å². The molecule has 2 aromatic rings. The first-order chi connectivity index (χ1) is 12.0. The number of ether oxygens (including phenoxy) is 1. The third-order valence-corrected chi connectivity index (χ3v) is 3.33. The van der Waals surface area contributed by atoms with Crippen LogP contribution in [0.3, 0.4) is 0 Å². The van der Waals surface area contributed by atoms with Gasteiger partial charge in [0, 0.05) is 30.1 Å². The Balaban J connectivity index is 2.01. The van der Waals surface area contributed by atoms with Crippen molar-refractivity contribution in [1.82, 2.24) is 5.32 Å². The third-order valence-electron chi connectivity index (χ3n) is 3.33. The molecule has 0 fully saturated rings. The molecule has 0 aromatic heterocycles. The maximum Gasteiger partial charge on any atom is 0.319 e. The zero-order valence-electron chi connectivity index (χ0n) is 14.6. The van der Waals surface area contributed by atoms with Gasteiger partial charge in [0.15, 0.2) is 0 Å². The van der Waals surface area contributed by atoms with E-state index in [1.165, 1.54) is 0 Å². The van der Waals surface area contributed by atoms with E-state index in [9.17, 15) is 9.59 Å². The summed E-state index contributed by atoms with van der Waals surface area (Å²) in [6, 6.07) is 14.0. The topological polar surface area (TPSA) is 79.5 Å². The van der Waals surface area contributed by atoms with E-state index in [2.05, 4.69) is 16.0 Å². The van der Waals surface area contributed by atoms with Gasteiger partial charge in [-0.1, -0.05) is 18.2 Å². The van der Waals surface area contributed by atoms with Crippen LogP contribution < -0.4 is 16.0 Å². The fourth-order valence-electron chi connectivity index (χ4n) is 2.22. The van der Waals surface area contributed by atoms with E-state index in [1.807, 2.05) is 38.1 Å². The normalized spacial score (nSPS) is 10.4. The van der Waals surface area contributed by atoms with Crippen LogP contribution in [-0.4, -0.2) is 25.1 Å². The molecule has 0 aliphatic rings. The van der Waals surface area contributed by atoms with Crippen LogP contribution in [0, 0.1) is 0 Å². The summed E-state index contributed by atoms with van der Waals surface area (Å²) in [7, 11) is 1.64. The van der Waals surface area contributed by atoms with Crippen LogP contribution in [0.5, 0.6) is 0 Å². The highest BCUT2D eigenvalue weighted by molar-refractivity contribution is 6.05. The molecule has 0 heterocycles. The second-order valence-electron chi connectivity index (χ2n) is 5.92. The number of rotatable bonds is 6. The summed E-state index contributed by atoms with van der Waals surface area (Å²) in [4.78, 5) is 24.1. The van der Waals surface area contributed by atoms with Crippen molar-refractivity contribution in [3.63, 3.8) is 0 Å². The smallest absolute Gasteiger partial charge is 0.319 e. The first-order valence-electron chi connectivity index (χ1n) is 8.04. The van der Waals surface area contributed by atoms with Gasteiger partial charge in [0.2, 0.25) is 0 Å². The van der Waals surface area contributed by atoms with Crippen LogP contribution in [0.2, 0.25) is 0 Å². The standard InChI is InChI=1S/C19H23N3O3/c1-13(2)20-19(24)22-17-6-4-5-15(11-17)18(23)21-16-9-7-14(8-10-16)12-25-3/h4-11,13H,12H2,1-3H3,(H,21,23)(H2,20,22,24). The van der Waals surface area contributed by atoms with Crippen LogP contribution in [-0.2, 0) is 11.3 Å². The van der Waals surface area contributed by atoms with Gasteiger partial charge in [-0.15, -0.1) is 0 Å². The van der Waals surface area contributed by atoms with Crippen molar-refractivity contribution in [3.8, 4) is 0 Å². The van der Waals surface area contributed by atoms with Crippen molar-refractivity contribution >= 4 is 23.3 Å². The lowest BCUT2D eigenvalue weighted by molar-refractivity contribution is 0.102. The molecule has 3 amide bonds. The van der Waals surface area contributed by atoms with E-state index in [-0.39, 0.29) is 18.0 Å². The number of urea groups is 1.